The zero-order chi connectivity index (χ0) is 9.14. The second-order valence-electron chi connectivity index (χ2n) is 2.12. The number of anilines is 1. The SMILES string of the molecule is COC(=O)c1cccc(N)[n+]1[O-].Cl. The van der Waals surface area contributed by atoms with Crippen molar-refractivity contribution in [1.82, 2.24) is 0 Å². The van der Waals surface area contributed by atoms with Crippen molar-refractivity contribution in [2.75, 3.05) is 12.8 Å². The lowest BCUT2D eigenvalue weighted by atomic mass is 10.3. The Morgan fingerprint density at radius 3 is 2.77 bits per heavy atom. The Balaban J connectivity index is 0.00000144. The van der Waals surface area contributed by atoms with Crippen LogP contribution in [0.5, 0.6) is 0 Å². The molecule has 0 saturated heterocycles. The van der Waals surface area contributed by atoms with E-state index in [1.807, 2.05) is 0 Å². The summed E-state index contributed by atoms with van der Waals surface area (Å²) in [7, 11) is 1.20. The van der Waals surface area contributed by atoms with E-state index in [-0.39, 0.29) is 23.9 Å². The number of carbonyl (C=O) groups excluding carboxylic acids is 1. The summed E-state index contributed by atoms with van der Waals surface area (Å²) >= 11 is 0. The molecule has 0 aliphatic carbocycles. The van der Waals surface area contributed by atoms with Crippen LogP contribution in [-0.2, 0) is 4.74 Å². The molecule has 0 amide bonds. The molecule has 1 aromatic heterocycles. The molecule has 0 spiro atoms. The van der Waals surface area contributed by atoms with Crippen LogP contribution in [0, 0.1) is 5.21 Å². The van der Waals surface area contributed by atoms with Gasteiger partial charge in [-0.2, -0.15) is 0 Å². The van der Waals surface area contributed by atoms with Crippen LogP contribution in [-0.4, -0.2) is 13.1 Å². The van der Waals surface area contributed by atoms with Gasteiger partial charge in [-0.25, -0.2) is 9.52 Å². The fraction of sp³-hybridized carbons (Fsp3) is 0.143. The highest BCUT2D eigenvalue weighted by atomic mass is 35.5. The molecule has 0 aliphatic rings. The Morgan fingerprint density at radius 1 is 1.62 bits per heavy atom. The van der Waals surface area contributed by atoms with Crippen LogP contribution in [0.1, 0.15) is 10.5 Å². The fourth-order valence-corrected chi connectivity index (χ4v) is 0.768. The smallest absolute Gasteiger partial charge is 0.378 e. The van der Waals surface area contributed by atoms with Gasteiger partial charge in [0.05, 0.1) is 7.11 Å². The molecule has 1 heterocycles. The summed E-state index contributed by atoms with van der Waals surface area (Å²) in [5.74, 6) is -0.727. The minimum Gasteiger partial charge on any atom is -0.710 e. The summed E-state index contributed by atoms with van der Waals surface area (Å²) in [4.78, 5) is 10.9. The Labute approximate surface area is 81.1 Å². The molecule has 0 atom stereocenters. The molecule has 72 valence electrons. The number of nitrogens with two attached hydrogens (primary N) is 1. The van der Waals surface area contributed by atoms with Gasteiger partial charge in [0.2, 0.25) is 5.69 Å². The van der Waals surface area contributed by atoms with Crippen LogP contribution in [0.4, 0.5) is 5.82 Å². The molecule has 0 aromatic carbocycles. The number of nitrogen functional groups attached to an aromatic ring is 1. The number of aromatic nitrogens is 1. The molecule has 0 fully saturated rings. The Morgan fingerprint density at radius 2 is 2.23 bits per heavy atom. The average Bonchev–Trinajstić information content (AvgIpc) is 2.08. The van der Waals surface area contributed by atoms with Crippen LogP contribution in [0.15, 0.2) is 18.2 Å². The van der Waals surface area contributed by atoms with Crippen molar-refractivity contribution in [2.45, 2.75) is 0 Å². The Kier molecular flexibility index (Phi) is 4.00. The molecule has 0 aliphatic heterocycles. The maximum Gasteiger partial charge on any atom is 0.378 e. The standard InChI is InChI=1S/C7H8N2O3.ClH/c1-12-7(10)5-3-2-4-6(8)9(5)11;/h2-4H,8H2,1H3;1H. The van der Waals surface area contributed by atoms with E-state index in [1.165, 1.54) is 25.3 Å². The molecule has 1 rings (SSSR count). The van der Waals surface area contributed by atoms with Gasteiger partial charge in [-0.1, -0.05) is 0 Å². The number of nitrogens with zero attached hydrogens (tertiary/aromatic N) is 1. The largest absolute Gasteiger partial charge is 0.710 e. The monoisotopic (exact) mass is 204 g/mol. The molecule has 6 heteroatoms. The van der Waals surface area contributed by atoms with Crippen molar-refractivity contribution in [2.24, 2.45) is 0 Å². The molecule has 0 bridgehead atoms. The van der Waals surface area contributed by atoms with Gasteiger partial charge in [-0.15, -0.1) is 12.4 Å². The van der Waals surface area contributed by atoms with Gasteiger partial charge in [0.15, 0.2) is 0 Å². The maximum atomic E-state index is 11.1. The predicted molar refractivity (Wildman–Crippen MR) is 48.4 cm³/mol. The van der Waals surface area contributed by atoms with Gasteiger partial charge in [0.25, 0.3) is 5.82 Å². The number of halogens is 1. The normalized spacial score (nSPS) is 8.69. The molecule has 1 aromatic rings. The predicted octanol–water partition coefficient (Wildman–Crippen LogP) is 0.111. The molecule has 0 radical (unpaired) electrons. The lowest BCUT2D eigenvalue weighted by molar-refractivity contribution is -0.593. The van der Waals surface area contributed by atoms with Crippen molar-refractivity contribution in [3.63, 3.8) is 0 Å². The molecule has 5 nitrogen and oxygen atoms in total. The summed E-state index contributed by atoms with van der Waals surface area (Å²) < 4.78 is 4.68. The van der Waals surface area contributed by atoms with Crippen LogP contribution in [0.3, 0.4) is 0 Å². The van der Waals surface area contributed by atoms with E-state index in [4.69, 9.17) is 5.73 Å². The maximum absolute atomic E-state index is 11.1. The highest BCUT2D eigenvalue weighted by Gasteiger charge is 2.12. The topological polar surface area (TPSA) is 79.3 Å². The highest BCUT2D eigenvalue weighted by Crippen LogP contribution is 1.98. The van der Waals surface area contributed by atoms with Crippen LogP contribution in [0.25, 0.3) is 0 Å². The molecular weight excluding hydrogens is 196 g/mol. The van der Waals surface area contributed by atoms with Gasteiger partial charge in [0, 0.05) is 6.07 Å². The van der Waals surface area contributed by atoms with Gasteiger partial charge in [-0.05, 0) is 12.1 Å². The summed E-state index contributed by atoms with van der Waals surface area (Å²) in [5.41, 5.74) is 5.14. The first-order chi connectivity index (χ1) is 5.66. The highest BCUT2D eigenvalue weighted by molar-refractivity contribution is 5.85. The molecule has 0 unspecified atom stereocenters. The van der Waals surface area contributed by atoms with E-state index in [1.54, 1.807) is 0 Å². The number of esters is 1. The third-order valence-electron chi connectivity index (χ3n) is 1.37. The van der Waals surface area contributed by atoms with E-state index in [2.05, 4.69) is 4.74 Å². The zero-order valence-electron chi connectivity index (χ0n) is 6.89. The number of hydrogen-bond donors (Lipinski definition) is 1. The lowest BCUT2D eigenvalue weighted by Crippen LogP contribution is -2.37. The zero-order valence-corrected chi connectivity index (χ0v) is 7.71. The van der Waals surface area contributed by atoms with E-state index in [9.17, 15) is 10.0 Å². The van der Waals surface area contributed by atoms with Gasteiger partial charge in [-0.3, -0.25) is 5.73 Å². The van der Waals surface area contributed by atoms with Gasteiger partial charge in [0.1, 0.15) is 0 Å². The average molecular weight is 205 g/mol. The second kappa shape index (κ2) is 4.51. The third kappa shape index (κ3) is 2.22. The first kappa shape index (κ1) is 11.5. The van der Waals surface area contributed by atoms with Crippen LogP contribution in [0.2, 0.25) is 0 Å². The summed E-state index contributed by atoms with van der Waals surface area (Å²) in [6.45, 7) is 0. The molecule has 13 heavy (non-hydrogen) atoms. The number of pyridine rings is 1. The second-order valence-corrected chi connectivity index (χ2v) is 2.12. The van der Waals surface area contributed by atoms with E-state index in [0.29, 0.717) is 4.73 Å². The van der Waals surface area contributed by atoms with Crippen molar-refractivity contribution >= 4 is 24.2 Å². The van der Waals surface area contributed by atoms with E-state index in [0.717, 1.165) is 0 Å². The van der Waals surface area contributed by atoms with Crippen molar-refractivity contribution in [1.29, 1.82) is 0 Å². The van der Waals surface area contributed by atoms with Crippen molar-refractivity contribution in [3.05, 3.63) is 29.1 Å². The first-order valence-corrected chi connectivity index (χ1v) is 3.23. The number of ether oxygens (including phenoxy) is 1. The molecule has 0 saturated carbocycles. The Hall–Kier alpha value is -1.49. The molecule has 2 N–H and O–H groups in total. The third-order valence-corrected chi connectivity index (χ3v) is 1.37. The number of hydrogen-bond acceptors (Lipinski definition) is 4. The van der Waals surface area contributed by atoms with Gasteiger partial charge >= 0.3 is 5.97 Å². The van der Waals surface area contributed by atoms with Gasteiger partial charge < -0.3 is 9.94 Å². The summed E-state index contributed by atoms with van der Waals surface area (Å²) in [5, 5.41) is 11.1. The van der Waals surface area contributed by atoms with Crippen molar-refractivity contribution in [3.8, 4) is 0 Å². The first-order valence-electron chi connectivity index (χ1n) is 3.23. The fourth-order valence-electron chi connectivity index (χ4n) is 0.768. The molecular formula is C7H9ClN2O3. The number of rotatable bonds is 1. The van der Waals surface area contributed by atoms with E-state index >= 15 is 0 Å². The minimum absolute atomic E-state index is 0. The quantitative estimate of drug-likeness (QED) is 0.400. The number of carbonyl (C=O) groups is 1. The Bertz CT molecular complexity index is 317. The van der Waals surface area contributed by atoms with Crippen LogP contribution >= 0.6 is 12.4 Å². The van der Waals surface area contributed by atoms with E-state index < -0.39 is 5.97 Å². The number of methoxy groups -OCH3 is 1. The van der Waals surface area contributed by atoms with Crippen LogP contribution < -0.4 is 10.5 Å². The summed E-state index contributed by atoms with van der Waals surface area (Å²) in [6, 6.07) is 4.25. The van der Waals surface area contributed by atoms with Crippen molar-refractivity contribution < 1.29 is 14.3 Å². The minimum atomic E-state index is -0.697. The summed E-state index contributed by atoms with van der Waals surface area (Å²) in [6.07, 6.45) is 0. The lowest BCUT2D eigenvalue weighted by Gasteiger charge is -2.08.